The quantitative estimate of drug-likeness (QED) is 0.354. The molecule has 7 heteroatoms. The highest BCUT2D eigenvalue weighted by molar-refractivity contribution is 9.10. The number of hydrogen-bond acceptors (Lipinski definition) is 4. The van der Waals surface area contributed by atoms with E-state index in [1.54, 1.807) is 30.3 Å². The van der Waals surface area contributed by atoms with Crippen LogP contribution in [0, 0.1) is 11.3 Å². The molecule has 1 amide bonds. The van der Waals surface area contributed by atoms with Gasteiger partial charge in [-0.05, 0) is 58.4 Å². The number of carbonyl (C=O) groups excluding carboxylic acids is 1. The van der Waals surface area contributed by atoms with Crippen molar-refractivity contribution in [3.63, 3.8) is 0 Å². The number of nitrogens with one attached hydrogen (secondary N) is 1. The lowest BCUT2D eigenvalue weighted by molar-refractivity contribution is -0.112. The second-order valence-corrected chi connectivity index (χ2v) is 7.67. The molecular weight excluding hydrogens is 448 g/mol. The smallest absolute Gasteiger partial charge is 0.266 e. The van der Waals surface area contributed by atoms with E-state index >= 15 is 0 Å². The summed E-state index contributed by atoms with van der Waals surface area (Å²) in [7, 11) is 0. The van der Waals surface area contributed by atoms with Crippen molar-refractivity contribution in [3.05, 3.63) is 81.5 Å². The first-order chi connectivity index (χ1) is 13.0. The monoisotopic (exact) mass is 458 g/mol. The van der Waals surface area contributed by atoms with Crippen LogP contribution in [-0.2, 0) is 4.79 Å². The number of benzene rings is 2. The Kier molecular flexibility index (Phi) is 6.40. The lowest BCUT2D eigenvalue weighted by Crippen LogP contribution is -2.13. The van der Waals surface area contributed by atoms with Crippen molar-refractivity contribution >= 4 is 57.0 Å². The maximum Gasteiger partial charge on any atom is 0.266 e. The molecule has 0 bridgehead atoms. The van der Waals surface area contributed by atoms with Crippen molar-refractivity contribution < 1.29 is 9.21 Å². The van der Waals surface area contributed by atoms with Gasteiger partial charge < -0.3 is 9.73 Å². The van der Waals surface area contributed by atoms with Crippen LogP contribution >= 0.6 is 39.3 Å². The largest absolute Gasteiger partial charge is 0.449 e. The van der Waals surface area contributed by atoms with E-state index in [1.165, 1.54) is 17.8 Å². The van der Waals surface area contributed by atoms with Crippen molar-refractivity contribution in [1.29, 1.82) is 5.26 Å². The first-order valence-electron chi connectivity index (χ1n) is 7.76. The second-order valence-electron chi connectivity index (χ2n) is 5.33. The van der Waals surface area contributed by atoms with Gasteiger partial charge in [0.2, 0.25) is 0 Å². The van der Waals surface area contributed by atoms with E-state index in [0.29, 0.717) is 21.6 Å². The summed E-state index contributed by atoms with van der Waals surface area (Å²) in [5.41, 5.74) is 0.481. The molecule has 0 saturated heterocycles. The minimum absolute atomic E-state index is 0.0672. The van der Waals surface area contributed by atoms with Gasteiger partial charge in [-0.25, -0.2) is 0 Å². The summed E-state index contributed by atoms with van der Waals surface area (Å²) in [6.07, 6.45) is 1.41. The Morgan fingerprint density at radius 3 is 2.56 bits per heavy atom. The highest BCUT2D eigenvalue weighted by atomic mass is 79.9. The van der Waals surface area contributed by atoms with E-state index in [-0.39, 0.29) is 5.57 Å². The Balaban J connectivity index is 1.77. The molecule has 134 valence electrons. The zero-order chi connectivity index (χ0) is 19.2. The van der Waals surface area contributed by atoms with Crippen LogP contribution in [0.25, 0.3) is 6.08 Å². The van der Waals surface area contributed by atoms with Crippen molar-refractivity contribution in [2.45, 2.75) is 9.99 Å². The fourth-order valence-corrected chi connectivity index (χ4v) is 3.60. The number of anilines is 1. The Hall–Kier alpha value is -2.46. The predicted molar refractivity (Wildman–Crippen MR) is 111 cm³/mol. The predicted octanol–water partition coefficient (Wildman–Crippen LogP) is 6.39. The van der Waals surface area contributed by atoms with E-state index < -0.39 is 5.91 Å². The summed E-state index contributed by atoms with van der Waals surface area (Å²) in [6, 6.07) is 20.0. The molecule has 0 atom stereocenters. The molecule has 0 radical (unpaired) electrons. The van der Waals surface area contributed by atoms with E-state index in [0.717, 1.165) is 9.37 Å². The number of furan rings is 1. The summed E-state index contributed by atoms with van der Waals surface area (Å²) in [5, 5.41) is 13.2. The number of nitrogens with zero attached hydrogens (tertiary/aromatic N) is 1. The molecule has 0 fully saturated rings. The van der Waals surface area contributed by atoms with Crippen LogP contribution in [0.2, 0.25) is 5.02 Å². The highest BCUT2D eigenvalue weighted by Gasteiger charge is 2.14. The molecule has 27 heavy (non-hydrogen) atoms. The van der Waals surface area contributed by atoms with Crippen molar-refractivity contribution in [3.8, 4) is 6.07 Å². The number of nitriles is 1. The molecule has 0 spiro atoms. The number of halogens is 2. The lowest BCUT2D eigenvalue weighted by atomic mass is 10.2. The summed E-state index contributed by atoms with van der Waals surface area (Å²) in [6.45, 7) is 0. The molecule has 1 aromatic heterocycles. The molecule has 2 aromatic carbocycles. The van der Waals surface area contributed by atoms with Crippen LogP contribution in [0.3, 0.4) is 0 Å². The normalized spacial score (nSPS) is 11.1. The van der Waals surface area contributed by atoms with Crippen LogP contribution in [-0.4, -0.2) is 5.91 Å². The average molecular weight is 460 g/mol. The Morgan fingerprint density at radius 1 is 1.19 bits per heavy atom. The van der Waals surface area contributed by atoms with Crippen molar-refractivity contribution in [1.82, 2.24) is 0 Å². The van der Waals surface area contributed by atoms with Gasteiger partial charge in [0.15, 0.2) is 5.09 Å². The molecule has 1 heterocycles. The summed E-state index contributed by atoms with van der Waals surface area (Å²) < 4.78 is 6.51. The SMILES string of the molecule is N#C/C(=C/c1cc(Br)c(Sc2ccccc2)o1)C(=O)Nc1ccc(Cl)cc1. The number of amides is 1. The Labute approximate surface area is 174 Å². The fourth-order valence-electron chi connectivity index (χ4n) is 2.13. The second kappa shape index (κ2) is 8.96. The third kappa shape index (κ3) is 5.27. The molecule has 0 unspecified atom stereocenters. The zero-order valence-electron chi connectivity index (χ0n) is 13.8. The van der Waals surface area contributed by atoms with Gasteiger partial charge in [0, 0.05) is 21.7 Å². The van der Waals surface area contributed by atoms with E-state index in [4.69, 9.17) is 16.0 Å². The number of hydrogen-bond donors (Lipinski definition) is 1. The average Bonchev–Trinajstić information content (AvgIpc) is 3.01. The van der Waals surface area contributed by atoms with Gasteiger partial charge in [0.1, 0.15) is 17.4 Å². The molecule has 1 N–H and O–H groups in total. The topological polar surface area (TPSA) is 66.0 Å². The summed E-state index contributed by atoms with van der Waals surface area (Å²) in [5.74, 6) is -0.118. The van der Waals surface area contributed by atoms with Gasteiger partial charge in [-0.15, -0.1) is 0 Å². The van der Waals surface area contributed by atoms with Crippen LogP contribution in [0.1, 0.15) is 5.76 Å². The zero-order valence-corrected chi connectivity index (χ0v) is 16.9. The van der Waals surface area contributed by atoms with Crippen LogP contribution in [0.5, 0.6) is 0 Å². The van der Waals surface area contributed by atoms with Crippen LogP contribution in [0.4, 0.5) is 5.69 Å². The van der Waals surface area contributed by atoms with Gasteiger partial charge in [-0.2, -0.15) is 5.26 Å². The third-order valence-corrected chi connectivity index (χ3v) is 5.48. The van der Waals surface area contributed by atoms with Gasteiger partial charge in [-0.3, -0.25) is 4.79 Å². The van der Waals surface area contributed by atoms with Gasteiger partial charge >= 0.3 is 0 Å². The maximum atomic E-state index is 12.3. The Bertz CT molecular complexity index is 1020. The highest BCUT2D eigenvalue weighted by Crippen LogP contribution is 2.36. The van der Waals surface area contributed by atoms with Gasteiger partial charge in [0.25, 0.3) is 5.91 Å². The van der Waals surface area contributed by atoms with E-state index in [2.05, 4.69) is 21.2 Å². The summed E-state index contributed by atoms with van der Waals surface area (Å²) >= 11 is 10.7. The van der Waals surface area contributed by atoms with Gasteiger partial charge in [0.05, 0.1) is 4.47 Å². The number of carbonyl (C=O) groups is 1. The van der Waals surface area contributed by atoms with Crippen molar-refractivity contribution in [2.24, 2.45) is 0 Å². The fraction of sp³-hybridized carbons (Fsp3) is 0. The summed E-state index contributed by atoms with van der Waals surface area (Å²) in [4.78, 5) is 13.3. The molecule has 3 rings (SSSR count). The molecule has 0 aliphatic rings. The molecule has 0 aliphatic carbocycles. The standard InChI is InChI=1S/C20H12BrClN2O2S/c21-18-11-16(26-20(18)27-17-4-2-1-3-5-17)10-13(12-23)19(25)24-15-8-6-14(22)7-9-15/h1-11H,(H,24,25)/b13-10-. The first-order valence-corrected chi connectivity index (χ1v) is 9.75. The minimum Gasteiger partial charge on any atom is -0.449 e. The van der Waals surface area contributed by atoms with E-state index in [9.17, 15) is 10.1 Å². The number of rotatable bonds is 5. The lowest BCUT2D eigenvalue weighted by Gasteiger charge is -2.03. The minimum atomic E-state index is -0.524. The van der Waals surface area contributed by atoms with Gasteiger partial charge in [-0.1, -0.05) is 41.6 Å². The van der Waals surface area contributed by atoms with Crippen LogP contribution < -0.4 is 5.32 Å². The molecule has 3 aromatic rings. The Morgan fingerprint density at radius 2 is 1.89 bits per heavy atom. The molecule has 0 aliphatic heterocycles. The molecule has 4 nitrogen and oxygen atoms in total. The van der Waals surface area contributed by atoms with Crippen LogP contribution in [0.15, 0.2) is 85.1 Å². The van der Waals surface area contributed by atoms with Crippen molar-refractivity contribution in [2.75, 3.05) is 5.32 Å². The third-order valence-electron chi connectivity index (χ3n) is 3.38. The maximum absolute atomic E-state index is 12.3. The van der Waals surface area contributed by atoms with E-state index in [1.807, 2.05) is 36.4 Å². The molecular formula is C20H12BrClN2O2S. The molecule has 0 saturated carbocycles. The first kappa shape index (κ1) is 19.3.